The van der Waals surface area contributed by atoms with Gasteiger partial charge in [0.15, 0.2) is 5.13 Å². The summed E-state index contributed by atoms with van der Waals surface area (Å²) in [5.74, 6) is -0.666. The summed E-state index contributed by atoms with van der Waals surface area (Å²) in [6, 6.07) is 13.1. The van der Waals surface area contributed by atoms with Gasteiger partial charge in [-0.15, -0.1) is 0 Å². The first kappa shape index (κ1) is 17.0. The summed E-state index contributed by atoms with van der Waals surface area (Å²) in [7, 11) is 0. The van der Waals surface area contributed by atoms with Gasteiger partial charge in [0.25, 0.3) is 0 Å². The van der Waals surface area contributed by atoms with Crippen LogP contribution in [0.1, 0.15) is 12.0 Å². The fraction of sp³-hybridized carbons (Fsp3) is 0.211. The molecule has 1 fully saturated rings. The average Bonchev–Trinajstić information content (AvgIpc) is 3.17. The molecule has 3 aromatic rings. The number of benzene rings is 2. The number of carbonyl (C=O) groups is 2. The van der Waals surface area contributed by atoms with Crippen molar-refractivity contribution in [1.82, 2.24) is 4.98 Å². The van der Waals surface area contributed by atoms with Gasteiger partial charge in [0, 0.05) is 23.7 Å². The van der Waals surface area contributed by atoms with Crippen molar-refractivity contribution in [1.29, 1.82) is 0 Å². The largest absolute Gasteiger partial charge is 0.312 e. The van der Waals surface area contributed by atoms with Crippen LogP contribution in [0.25, 0.3) is 10.2 Å². The van der Waals surface area contributed by atoms with Crippen LogP contribution >= 0.6 is 22.9 Å². The average molecular weight is 386 g/mol. The van der Waals surface area contributed by atoms with E-state index in [1.807, 2.05) is 31.2 Å². The van der Waals surface area contributed by atoms with Crippen LogP contribution in [0.3, 0.4) is 0 Å². The summed E-state index contributed by atoms with van der Waals surface area (Å²) in [4.78, 5) is 31.0. The van der Waals surface area contributed by atoms with E-state index in [2.05, 4.69) is 10.3 Å². The molecule has 0 saturated carbocycles. The zero-order valence-corrected chi connectivity index (χ0v) is 15.6. The zero-order chi connectivity index (χ0) is 18.3. The Hall–Kier alpha value is -2.44. The van der Waals surface area contributed by atoms with Crippen molar-refractivity contribution in [2.24, 2.45) is 5.92 Å². The first-order chi connectivity index (χ1) is 12.5. The lowest BCUT2D eigenvalue weighted by Gasteiger charge is -2.16. The highest BCUT2D eigenvalue weighted by Gasteiger charge is 2.35. The number of anilines is 2. The van der Waals surface area contributed by atoms with Crippen LogP contribution in [0.2, 0.25) is 5.02 Å². The van der Waals surface area contributed by atoms with E-state index in [4.69, 9.17) is 11.6 Å². The minimum absolute atomic E-state index is 0.0765. The minimum atomic E-state index is -0.407. The minimum Gasteiger partial charge on any atom is -0.312 e. The number of rotatable bonds is 3. The number of aryl methyl sites for hydroxylation is 1. The molecule has 2 heterocycles. The Bertz CT molecular complexity index is 1020. The lowest BCUT2D eigenvalue weighted by atomic mass is 10.1. The van der Waals surface area contributed by atoms with Crippen molar-refractivity contribution in [3.05, 3.63) is 53.1 Å². The van der Waals surface area contributed by atoms with Crippen LogP contribution in [-0.2, 0) is 9.59 Å². The monoisotopic (exact) mass is 385 g/mol. The number of nitrogens with zero attached hydrogens (tertiary/aromatic N) is 2. The molecule has 26 heavy (non-hydrogen) atoms. The number of aromatic nitrogens is 1. The van der Waals surface area contributed by atoms with Gasteiger partial charge in [-0.1, -0.05) is 35.1 Å². The second kappa shape index (κ2) is 6.70. The van der Waals surface area contributed by atoms with Crippen LogP contribution in [0, 0.1) is 12.8 Å². The summed E-state index contributed by atoms with van der Waals surface area (Å²) >= 11 is 7.44. The number of fused-ring (bicyclic) bond motifs is 1. The standard InChI is InChI=1S/C19H16ClN3O2S/c1-11-5-6-15-16(7-11)26-19(21-15)22-18(25)12-8-17(24)23(10-12)14-4-2-3-13(20)9-14/h2-7,9,12H,8,10H2,1H3,(H,21,22,25)/t12-/m1/s1. The van der Waals surface area contributed by atoms with E-state index in [0.29, 0.717) is 22.4 Å². The molecule has 1 N–H and O–H groups in total. The summed E-state index contributed by atoms with van der Waals surface area (Å²) in [6.45, 7) is 2.36. The number of nitrogens with one attached hydrogen (secondary N) is 1. The Morgan fingerprint density at radius 1 is 1.31 bits per heavy atom. The number of hydrogen-bond acceptors (Lipinski definition) is 4. The molecule has 7 heteroatoms. The number of hydrogen-bond donors (Lipinski definition) is 1. The van der Waals surface area contributed by atoms with Crippen LogP contribution < -0.4 is 10.2 Å². The van der Waals surface area contributed by atoms with Gasteiger partial charge in [-0.2, -0.15) is 0 Å². The van der Waals surface area contributed by atoms with E-state index >= 15 is 0 Å². The molecule has 0 aliphatic carbocycles. The van der Waals surface area contributed by atoms with Gasteiger partial charge in [0.1, 0.15) is 0 Å². The fourth-order valence-corrected chi connectivity index (χ4v) is 4.22. The predicted molar refractivity (Wildman–Crippen MR) is 105 cm³/mol. The van der Waals surface area contributed by atoms with Crippen LogP contribution in [0.15, 0.2) is 42.5 Å². The Labute approximate surface area is 159 Å². The molecule has 1 atom stereocenters. The molecule has 2 aromatic carbocycles. The number of amides is 2. The lowest BCUT2D eigenvalue weighted by molar-refractivity contribution is -0.122. The van der Waals surface area contributed by atoms with Gasteiger partial charge in [-0.3, -0.25) is 9.59 Å². The molecule has 0 spiro atoms. The van der Waals surface area contributed by atoms with Crippen molar-refractivity contribution in [2.45, 2.75) is 13.3 Å². The molecular weight excluding hydrogens is 370 g/mol. The molecule has 0 bridgehead atoms. The molecule has 1 saturated heterocycles. The smallest absolute Gasteiger partial charge is 0.231 e. The van der Waals surface area contributed by atoms with Gasteiger partial charge >= 0.3 is 0 Å². The van der Waals surface area contributed by atoms with Crippen molar-refractivity contribution in [2.75, 3.05) is 16.8 Å². The maximum absolute atomic E-state index is 12.6. The predicted octanol–water partition coefficient (Wildman–Crippen LogP) is 4.25. The van der Waals surface area contributed by atoms with E-state index < -0.39 is 5.92 Å². The van der Waals surface area contributed by atoms with Crippen molar-refractivity contribution in [3.8, 4) is 0 Å². The SMILES string of the molecule is Cc1ccc2nc(NC(=O)[C@@H]3CC(=O)N(c4cccc(Cl)c4)C3)sc2c1. The number of thiazole rings is 1. The highest BCUT2D eigenvalue weighted by atomic mass is 35.5. The zero-order valence-electron chi connectivity index (χ0n) is 14.0. The fourth-order valence-electron chi connectivity index (χ4n) is 3.07. The summed E-state index contributed by atoms with van der Waals surface area (Å²) in [6.07, 6.45) is 0.183. The van der Waals surface area contributed by atoms with Crippen molar-refractivity contribution >= 4 is 55.8 Å². The molecule has 132 valence electrons. The Kier molecular flexibility index (Phi) is 4.38. The molecule has 0 unspecified atom stereocenters. The van der Waals surface area contributed by atoms with Gasteiger partial charge in [-0.05, 0) is 42.8 Å². The van der Waals surface area contributed by atoms with E-state index in [1.165, 1.54) is 11.3 Å². The van der Waals surface area contributed by atoms with Gasteiger partial charge in [0.05, 0.1) is 16.1 Å². The molecule has 2 amide bonds. The Morgan fingerprint density at radius 3 is 2.96 bits per heavy atom. The normalized spacial score (nSPS) is 17.1. The summed E-state index contributed by atoms with van der Waals surface area (Å²) < 4.78 is 1.03. The highest BCUT2D eigenvalue weighted by molar-refractivity contribution is 7.22. The van der Waals surface area contributed by atoms with Crippen LogP contribution in [0.4, 0.5) is 10.8 Å². The van der Waals surface area contributed by atoms with E-state index in [9.17, 15) is 9.59 Å². The molecule has 1 aromatic heterocycles. The maximum Gasteiger partial charge on any atom is 0.231 e. The molecule has 1 aliphatic rings. The number of halogens is 1. The first-order valence-corrected chi connectivity index (χ1v) is 9.43. The van der Waals surface area contributed by atoms with E-state index in [-0.39, 0.29) is 18.2 Å². The topological polar surface area (TPSA) is 62.3 Å². The summed E-state index contributed by atoms with van der Waals surface area (Å²) in [5, 5.41) is 3.98. The first-order valence-electron chi connectivity index (χ1n) is 8.23. The van der Waals surface area contributed by atoms with E-state index in [0.717, 1.165) is 15.8 Å². The van der Waals surface area contributed by atoms with Crippen molar-refractivity contribution < 1.29 is 9.59 Å². The van der Waals surface area contributed by atoms with E-state index in [1.54, 1.807) is 23.1 Å². The molecule has 0 radical (unpaired) electrons. The third kappa shape index (κ3) is 3.30. The third-order valence-corrected chi connectivity index (χ3v) is 5.56. The highest BCUT2D eigenvalue weighted by Crippen LogP contribution is 2.30. The molecule has 1 aliphatic heterocycles. The second-order valence-electron chi connectivity index (χ2n) is 6.36. The molecular formula is C19H16ClN3O2S. The quantitative estimate of drug-likeness (QED) is 0.733. The molecule has 5 nitrogen and oxygen atoms in total. The lowest BCUT2D eigenvalue weighted by Crippen LogP contribution is -2.28. The van der Waals surface area contributed by atoms with Gasteiger partial charge in [0.2, 0.25) is 11.8 Å². The van der Waals surface area contributed by atoms with Crippen LogP contribution in [0.5, 0.6) is 0 Å². The summed E-state index contributed by atoms with van der Waals surface area (Å²) in [5.41, 5.74) is 2.73. The Balaban J connectivity index is 1.49. The van der Waals surface area contributed by atoms with Crippen molar-refractivity contribution in [3.63, 3.8) is 0 Å². The van der Waals surface area contributed by atoms with Crippen LogP contribution in [-0.4, -0.2) is 23.3 Å². The third-order valence-electron chi connectivity index (χ3n) is 4.39. The van der Waals surface area contributed by atoms with Gasteiger partial charge in [-0.25, -0.2) is 4.98 Å². The molecule has 4 rings (SSSR count). The maximum atomic E-state index is 12.6. The Morgan fingerprint density at radius 2 is 2.15 bits per heavy atom. The number of carbonyl (C=O) groups excluding carboxylic acids is 2. The second-order valence-corrected chi connectivity index (χ2v) is 7.83. The van der Waals surface area contributed by atoms with Gasteiger partial charge < -0.3 is 10.2 Å².